The molecule has 0 aliphatic rings. The van der Waals surface area contributed by atoms with Crippen LogP contribution in [0.4, 0.5) is 10.1 Å². The normalized spacial score (nSPS) is 10.6. The number of methoxy groups -OCH3 is 2. The van der Waals surface area contributed by atoms with Gasteiger partial charge in [-0.25, -0.2) is 4.39 Å². The molecule has 0 aromatic heterocycles. The highest BCUT2D eigenvalue weighted by atomic mass is 127. The number of ether oxygens (including phenoxy) is 3. The van der Waals surface area contributed by atoms with Crippen molar-refractivity contribution >= 4 is 35.6 Å². The van der Waals surface area contributed by atoms with Gasteiger partial charge in [0.25, 0.3) is 0 Å². The number of nitrogens with zero attached hydrogens (tertiary/aromatic N) is 1. The van der Waals surface area contributed by atoms with Crippen molar-refractivity contribution in [1.82, 2.24) is 5.32 Å². The van der Waals surface area contributed by atoms with Gasteiger partial charge in [-0.05, 0) is 49.2 Å². The highest BCUT2D eigenvalue weighted by Gasteiger charge is 2.06. The lowest BCUT2D eigenvalue weighted by molar-refractivity contribution is 0.306. The van der Waals surface area contributed by atoms with Gasteiger partial charge in [0, 0.05) is 25.3 Å². The fraction of sp³-hybridized carbons (Fsp3) is 0.350. The molecule has 0 aliphatic heterocycles. The molecule has 0 heterocycles. The second-order valence-electron chi connectivity index (χ2n) is 5.70. The summed E-state index contributed by atoms with van der Waals surface area (Å²) in [6, 6.07) is 11.6. The molecule has 6 nitrogen and oxygen atoms in total. The van der Waals surface area contributed by atoms with E-state index in [0.29, 0.717) is 29.8 Å². The molecule has 0 spiro atoms. The van der Waals surface area contributed by atoms with E-state index in [-0.39, 0.29) is 29.8 Å². The van der Waals surface area contributed by atoms with Crippen molar-refractivity contribution in [3.05, 3.63) is 48.3 Å². The number of guanidine groups is 1. The monoisotopic (exact) mass is 503 g/mol. The largest absolute Gasteiger partial charge is 0.494 e. The quantitative estimate of drug-likeness (QED) is 0.231. The fourth-order valence-corrected chi connectivity index (χ4v) is 2.38. The molecule has 2 aromatic carbocycles. The summed E-state index contributed by atoms with van der Waals surface area (Å²) in [7, 11) is 4.92. The van der Waals surface area contributed by atoms with E-state index in [1.165, 1.54) is 12.1 Å². The summed E-state index contributed by atoms with van der Waals surface area (Å²) in [6.45, 7) is 1.33. The minimum absolute atomic E-state index is 0. The van der Waals surface area contributed by atoms with E-state index in [1.807, 2.05) is 18.2 Å². The highest BCUT2D eigenvalue weighted by molar-refractivity contribution is 14.0. The van der Waals surface area contributed by atoms with E-state index in [9.17, 15) is 4.39 Å². The third kappa shape index (κ3) is 7.79. The molecule has 2 aromatic rings. The molecule has 0 aliphatic carbocycles. The molecule has 0 radical (unpaired) electrons. The molecule has 2 rings (SSSR count). The minimum Gasteiger partial charge on any atom is -0.494 e. The average Bonchev–Trinajstić information content (AvgIpc) is 2.70. The second kappa shape index (κ2) is 13.0. The summed E-state index contributed by atoms with van der Waals surface area (Å²) >= 11 is 0. The number of unbranched alkanes of at least 4 members (excludes halogenated alkanes) is 1. The first-order chi connectivity index (χ1) is 13.2. The summed E-state index contributed by atoms with van der Waals surface area (Å²) in [5.41, 5.74) is 0.848. The molecular weight excluding hydrogens is 476 g/mol. The lowest BCUT2D eigenvalue weighted by Gasteiger charge is -2.14. The van der Waals surface area contributed by atoms with Crippen LogP contribution >= 0.6 is 24.0 Å². The lowest BCUT2D eigenvalue weighted by atomic mass is 10.2. The summed E-state index contributed by atoms with van der Waals surface area (Å²) < 4.78 is 28.9. The molecule has 28 heavy (non-hydrogen) atoms. The highest BCUT2D eigenvalue weighted by Crippen LogP contribution is 2.29. The first-order valence-corrected chi connectivity index (χ1v) is 8.74. The van der Waals surface area contributed by atoms with Crippen LogP contribution in [0.5, 0.6) is 17.2 Å². The molecule has 0 unspecified atom stereocenters. The smallest absolute Gasteiger partial charge is 0.195 e. The van der Waals surface area contributed by atoms with E-state index in [2.05, 4.69) is 15.6 Å². The van der Waals surface area contributed by atoms with Crippen LogP contribution in [-0.4, -0.2) is 40.4 Å². The standard InChI is InChI=1S/C20H26FN3O3.HI/c1-22-20(24-16-8-11-18(25-2)19(14-16)26-3)23-12-4-5-13-27-17-9-6-15(21)7-10-17;/h6-11,14H,4-5,12-13H2,1-3H3,(H2,22,23,24);1H. The van der Waals surface area contributed by atoms with Gasteiger partial charge in [0.2, 0.25) is 0 Å². The Kier molecular flexibility index (Phi) is 11.1. The van der Waals surface area contributed by atoms with Crippen LogP contribution in [0.1, 0.15) is 12.8 Å². The summed E-state index contributed by atoms with van der Waals surface area (Å²) in [4.78, 5) is 4.21. The molecule has 0 atom stereocenters. The molecule has 2 N–H and O–H groups in total. The van der Waals surface area contributed by atoms with Crippen molar-refractivity contribution < 1.29 is 18.6 Å². The summed E-state index contributed by atoms with van der Waals surface area (Å²) in [6.07, 6.45) is 1.78. The SMILES string of the molecule is CN=C(NCCCCOc1ccc(F)cc1)Nc1ccc(OC)c(OC)c1.I. The van der Waals surface area contributed by atoms with Gasteiger partial charge in [0.05, 0.1) is 20.8 Å². The Morgan fingerprint density at radius 3 is 2.36 bits per heavy atom. The van der Waals surface area contributed by atoms with Gasteiger partial charge in [-0.15, -0.1) is 24.0 Å². The number of hydrogen-bond donors (Lipinski definition) is 2. The summed E-state index contributed by atoms with van der Waals surface area (Å²) in [5, 5.41) is 6.47. The Labute approximate surface area is 182 Å². The van der Waals surface area contributed by atoms with Gasteiger partial charge in [-0.3, -0.25) is 4.99 Å². The number of halogens is 2. The first-order valence-electron chi connectivity index (χ1n) is 8.74. The molecule has 0 saturated heterocycles. The molecular formula is C20H27FIN3O3. The maximum absolute atomic E-state index is 12.8. The number of hydrogen-bond acceptors (Lipinski definition) is 4. The zero-order chi connectivity index (χ0) is 19.5. The number of rotatable bonds is 9. The maximum Gasteiger partial charge on any atom is 0.195 e. The van der Waals surface area contributed by atoms with Crippen molar-refractivity contribution in [2.24, 2.45) is 4.99 Å². The van der Waals surface area contributed by atoms with Crippen LogP contribution in [0.15, 0.2) is 47.5 Å². The van der Waals surface area contributed by atoms with Crippen LogP contribution in [0.2, 0.25) is 0 Å². The Hall–Kier alpha value is -2.23. The predicted molar refractivity (Wildman–Crippen MR) is 121 cm³/mol. The van der Waals surface area contributed by atoms with Crippen LogP contribution < -0.4 is 24.8 Å². The number of nitrogens with one attached hydrogen (secondary N) is 2. The van der Waals surface area contributed by atoms with Gasteiger partial charge < -0.3 is 24.8 Å². The third-order valence-corrected chi connectivity index (χ3v) is 3.82. The molecule has 154 valence electrons. The predicted octanol–water partition coefficient (Wildman–Crippen LogP) is 4.31. The van der Waals surface area contributed by atoms with Crippen molar-refractivity contribution in [2.75, 3.05) is 39.7 Å². The summed E-state index contributed by atoms with van der Waals surface area (Å²) in [5.74, 6) is 2.40. The molecule has 0 amide bonds. The average molecular weight is 503 g/mol. The van der Waals surface area contributed by atoms with Crippen molar-refractivity contribution in [3.8, 4) is 17.2 Å². The van der Waals surface area contributed by atoms with E-state index < -0.39 is 0 Å². The maximum atomic E-state index is 12.8. The molecule has 0 saturated carbocycles. The number of benzene rings is 2. The van der Waals surface area contributed by atoms with Gasteiger partial charge in [-0.1, -0.05) is 0 Å². The topological polar surface area (TPSA) is 64.1 Å². The van der Waals surface area contributed by atoms with Crippen molar-refractivity contribution in [1.29, 1.82) is 0 Å². The van der Waals surface area contributed by atoms with Crippen LogP contribution in [-0.2, 0) is 0 Å². The first kappa shape index (κ1) is 23.8. The molecule has 0 bridgehead atoms. The van der Waals surface area contributed by atoms with Gasteiger partial charge in [0.1, 0.15) is 11.6 Å². The van der Waals surface area contributed by atoms with Crippen LogP contribution in [0.25, 0.3) is 0 Å². The van der Waals surface area contributed by atoms with Crippen molar-refractivity contribution in [2.45, 2.75) is 12.8 Å². The Bertz CT molecular complexity index is 742. The van der Waals surface area contributed by atoms with Gasteiger partial charge in [-0.2, -0.15) is 0 Å². The van der Waals surface area contributed by atoms with Crippen LogP contribution in [0, 0.1) is 5.82 Å². The van der Waals surface area contributed by atoms with Gasteiger partial charge in [0.15, 0.2) is 17.5 Å². The molecule has 0 fully saturated rings. The fourth-order valence-electron chi connectivity index (χ4n) is 2.38. The van der Waals surface area contributed by atoms with E-state index in [1.54, 1.807) is 33.4 Å². The van der Waals surface area contributed by atoms with E-state index in [4.69, 9.17) is 14.2 Å². The molecule has 8 heteroatoms. The Balaban J connectivity index is 0.00000392. The Morgan fingerprint density at radius 1 is 1.00 bits per heavy atom. The Morgan fingerprint density at radius 2 is 1.71 bits per heavy atom. The zero-order valence-corrected chi connectivity index (χ0v) is 18.7. The zero-order valence-electron chi connectivity index (χ0n) is 16.3. The second-order valence-corrected chi connectivity index (χ2v) is 5.70. The van der Waals surface area contributed by atoms with E-state index >= 15 is 0 Å². The van der Waals surface area contributed by atoms with Crippen molar-refractivity contribution in [3.63, 3.8) is 0 Å². The van der Waals surface area contributed by atoms with Gasteiger partial charge >= 0.3 is 0 Å². The number of anilines is 1. The number of aliphatic imine (C=N–C) groups is 1. The van der Waals surface area contributed by atoms with E-state index in [0.717, 1.165) is 25.1 Å². The minimum atomic E-state index is -0.264. The van der Waals surface area contributed by atoms with Crippen LogP contribution in [0.3, 0.4) is 0 Å². The lowest BCUT2D eigenvalue weighted by Crippen LogP contribution is -2.31. The third-order valence-electron chi connectivity index (χ3n) is 3.82.